The van der Waals surface area contributed by atoms with Crippen molar-refractivity contribution in [3.63, 3.8) is 0 Å². The molecule has 1 unspecified atom stereocenters. The number of anilines is 1. The second kappa shape index (κ2) is 8.57. The molecule has 3 heterocycles. The number of carbonyl (C=O) groups is 1. The summed E-state index contributed by atoms with van der Waals surface area (Å²) in [5.74, 6) is -0.589. The van der Waals surface area contributed by atoms with E-state index < -0.39 is 47.9 Å². The highest BCUT2D eigenvalue weighted by atomic mass is 32.2. The van der Waals surface area contributed by atoms with Gasteiger partial charge in [-0.2, -0.15) is 5.11 Å². The van der Waals surface area contributed by atoms with Gasteiger partial charge in [0.05, 0.1) is 23.8 Å². The number of rotatable bonds is 6. The molecule has 1 aromatic carbocycles. The number of azo groups is 1. The Balaban J connectivity index is 1.92. The molecule has 0 aliphatic carbocycles. The molecule has 0 spiro atoms. The number of primary sulfonamides is 1. The van der Waals surface area contributed by atoms with Crippen LogP contribution in [0.5, 0.6) is 0 Å². The largest absolute Gasteiger partial charge is 0.393 e. The average molecular weight is 486 g/mol. The maximum Gasteiger partial charge on any atom is 0.242 e. The van der Waals surface area contributed by atoms with Crippen LogP contribution in [0.15, 0.2) is 37.1 Å². The Morgan fingerprint density at radius 2 is 2.00 bits per heavy atom. The summed E-state index contributed by atoms with van der Waals surface area (Å²) >= 11 is 0. The molecule has 3 aliphatic heterocycles. The van der Waals surface area contributed by atoms with Crippen molar-refractivity contribution in [2.24, 2.45) is 20.4 Å². The molecule has 0 radical (unpaired) electrons. The normalized spacial score (nSPS) is 24.2. The van der Waals surface area contributed by atoms with Gasteiger partial charge in [-0.15, -0.1) is 5.11 Å². The Kier molecular flexibility index (Phi) is 6.12. The minimum atomic E-state index is -4.61. The fraction of sp³-hybridized carbons (Fsp3) is 0.529. The molecule has 5 N–H and O–H groups in total. The molecule has 1 aromatic rings. The number of nitrogens with two attached hydrogens (primary N) is 1. The van der Waals surface area contributed by atoms with Gasteiger partial charge in [-0.3, -0.25) is 4.79 Å². The molecule has 174 valence electrons. The molecule has 13 nitrogen and oxygen atoms in total. The van der Waals surface area contributed by atoms with E-state index in [0.717, 1.165) is 6.07 Å². The van der Waals surface area contributed by atoms with Crippen molar-refractivity contribution in [3.05, 3.63) is 17.7 Å². The number of aliphatic imine (C=N–C) groups is 1. The highest BCUT2D eigenvalue weighted by Gasteiger charge is 2.37. The number of nitrogens with one attached hydrogen (secondary N) is 2. The van der Waals surface area contributed by atoms with Gasteiger partial charge >= 0.3 is 0 Å². The minimum absolute atomic E-state index is 0.0749. The Bertz CT molecular complexity index is 1210. The summed E-state index contributed by atoms with van der Waals surface area (Å²) in [5, 5.41) is 25.9. The summed E-state index contributed by atoms with van der Waals surface area (Å²) in [5.41, 5.74) is -0.113. The third kappa shape index (κ3) is 4.44. The zero-order chi connectivity index (χ0) is 23.1. The van der Waals surface area contributed by atoms with Crippen LogP contribution in [-0.2, 0) is 24.8 Å². The predicted molar refractivity (Wildman–Crippen MR) is 113 cm³/mol. The van der Waals surface area contributed by atoms with Gasteiger partial charge in [0.15, 0.2) is 12.5 Å². The number of piperidine rings is 1. The Hall–Kier alpha value is -2.30. The van der Waals surface area contributed by atoms with Gasteiger partial charge in [0.1, 0.15) is 9.79 Å². The van der Waals surface area contributed by atoms with Crippen LogP contribution in [0.4, 0.5) is 5.69 Å². The number of nitrogens with zero attached hydrogens (tertiary/aromatic N) is 4. The first-order chi connectivity index (χ1) is 15.1. The van der Waals surface area contributed by atoms with Crippen molar-refractivity contribution in [3.8, 4) is 0 Å². The molecule has 15 heteroatoms. The molecule has 2 atom stereocenters. The summed E-state index contributed by atoms with van der Waals surface area (Å²) < 4.78 is 54.2. The lowest BCUT2D eigenvalue weighted by Gasteiger charge is -2.31. The zero-order valence-electron chi connectivity index (χ0n) is 16.9. The predicted octanol–water partition coefficient (Wildman–Crippen LogP) is -1.37. The summed E-state index contributed by atoms with van der Waals surface area (Å²) in [6, 6.07) is 2.02. The highest BCUT2D eigenvalue weighted by molar-refractivity contribution is 7.92. The van der Waals surface area contributed by atoms with Gasteiger partial charge in [-0.25, -0.2) is 31.7 Å². The van der Waals surface area contributed by atoms with Crippen molar-refractivity contribution < 1.29 is 26.7 Å². The molecule has 2 saturated heterocycles. The molecule has 32 heavy (non-hydrogen) atoms. The second-order valence-corrected chi connectivity index (χ2v) is 10.9. The number of carbonyl (C=O) groups excluding carboxylic acids is 1. The van der Waals surface area contributed by atoms with E-state index in [1.54, 1.807) is 0 Å². The van der Waals surface area contributed by atoms with Crippen LogP contribution in [0.25, 0.3) is 0 Å². The van der Waals surface area contributed by atoms with Crippen molar-refractivity contribution in [2.45, 2.75) is 41.2 Å². The summed E-state index contributed by atoms with van der Waals surface area (Å²) in [7, 11) is -8.91. The van der Waals surface area contributed by atoms with E-state index in [1.165, 1.54) is 11.0 Å². The Labute approximate surface area is 184 Å². The molecule has 3 aliphatic rings. The van der Waals surface area contributed by atoms with Gasteiger partial charge in [-0.05, 0) is 31.5 Å². The molecule has 2 fully saturated rings. The molecule has 1 amide bonds. The van der Waals surface area contributed by atoms with Gasteiger partial charge < -0.3 is 15.3 Å². The number of hydrogen-bond acceptors (Lipinski definition) is 10. The van der Waals surface area contributed by atoms with Crippen molar-refractivity contribution in [2.75, 3.05) is 31.2 Å². The summed E-state index contributed by atoms with van der Waals surface area (Å²) in [6.45, 7) is 1.05. The fourth-order valence-corrected chi connectivity index (χ4v) is 6.82. The Morgan fingerprint density at radius 3 is 2.59 bits per heavy atom. The summed E-state index contributed by atoms with van der Waals surface area (Å²) in [6.07, 6.45) is -0.165. The number of sulfonamides is 2. The van der Waals surface area contributed by atoms with Gasteiger partial charge in [0.2, 0.25) is 26.0 Å². The van der Waals surface area contributed by atoms with Crippen LogP contribution in [0, 0.1) is 0 Å². The zero-order valence-corrected chi connectivity index (χ0v) is 18.6. The van der Waals surface area contributed by atoms with Crippen LogP contribution >= 0.6 is 0 Å². The molecule has 0 aromatic heterocycles. The first-order valence-electron chi connectivity index (χ1n) is 9.91. The lowest BCUT2D eigenvalue weighted by atomic mass is 10.0. The third-order valence-electron chi connectivity index (χ3n) is 5.42. The molecular weight excluding hydrogens is 462 g/mol. The average Bonchev–Trinajstić information content (AvgIpc) is 3.40. The van der Waals surface area contributed by atoms with E-state index in [1.807, 2.05) is 0 Å². The van der Waals surface area contributed by atoms with E-state index in [4.69, 9.17) is 5.14 Å². The van der Waals surface area contributed by atoms with Gasteiger partial charge in [0, 0.05) is 19.1 Å². The van der Waals surface area contributed by atoms with Crippen LogP contribution in [0.2, 0.25) is 0 Å². The van der Waals surface area contributed by atoms with E-state index >= 15 is 0 Å². The van der Waals surface area contributed by atoms with E-state index in [-0.39, 0.29) is 43.1 Å². The lowest BCUT2D eigenvalue weighted by Crippen LogP contribution is -2.42. The number of benzene rings is 1. The number of amidine groups is 1. The molecule has 4 rings (SSSR count). The van der Waals surface area contributed by atoms with E-state index in [2.05, 4.69) is 25.3 Å². The first-order valence-corrected chi connectivity index (χ1v) is 12.9. The van der Waals surface area contributed by atoms with Crippen LogP contribution < -0.4 is 20.1 Å². The topological polar surface area (TPSA) is 196 Å². The quantitative estimate of drug-likeness (QED) is 0.381. The van der Waals surface area contributed by atoms with Crippen LogP contribution in [0.1, 0.15) is 24.8 Å². The highest BCUT2D eigenvalue weighted by Crippen LogP contribution is 2.35. The van der Waals surface area contributed by atoms with Gasteiger partial charge in [0.25, 0.3) is 0 Å². The minimum Gasteiger partial charge on any atom is -0.393 e. The van der Waals surface area contributed by atoms with Crippen molar-refractivity contribution >= 4 is 37.5 Å². The van der Waals surface area contributed by atoms with Crippen molar-refractivity contribution in [1.82, 2.24) is 10.0 Å². The van der Waals surface area contributed by atoms with E-state index in [9.17, 15) is 26.7 Å². The maximum atomic E-state index is 13.2. The standard InChI is InChI=1S/C17H23N7O6S2/c18-31(27,28)16-13(32(29,30)23-10-3-5-19-8-10)2-1-12(15(16)17-20-9-21-22-17)24-6-4-11(25)7-14(24)26/h1-2,10-11,19,23,25H,3-9H2,(H2,18,27,28)/t10-,11?/m1/s1. The van der Waals surface area contributed by atoms with E-state index in [0.29, 0.717) is 19.5 Å². The third-order valence-corrected chi connectivity index (χ3v) is 8.10. The first kappa shape index (κ1) is 22.9. The summed E-state index contributed by atoms with van der Waals surface area (Å²) in [4.78, 5) is 16.7. The second-order valence-electron chi connectivity index (χ2n) is 7.70. The Morgan fingerprint density at radius 1 is 1.22 bits per heavy atom. The number of aliphatic hydroxyl groups excluding tert-OH is 1. The number of aliphatic hydroxyl groups is 1. The van der Waals surface area contributed by atoms with Crippen LogP contribution in [0.3, 0.4) is 0 Å². The lowest BCUT2D eigenvalue weighted by molar-refractivity contribution is -0.122. The van der Waals surface area contributed by atoms with Gasteiger partial charge in [-0.1, -0.05) is 0 Å². The maximum absolute atomic E-state index is 13.2. The SMILES string of the molecule is NS(=O)(=O)c1c(S(=O)(=O)N[C@@H]2CCNC2)ccc(N2CCC(O)CC2=O)c1C1=NCN=N1. The fourth-order valence-electron chi connectivity index (χ4n) is 3.96. The monoisotopic (exact) mass is 485 g/mol. The van der Waals surface area contributed by atoms with Crippen molar-refractivity contribution in [1.29, 1.82) is 0 Å². The number of amides is 1. The molecule has 0 bridgehead atoms. The molecule has 0 saturated carbocycles. The number of hydrogen-bond donors (Lipinski definition) is 4. The van der Waals surface area contributed by atoms with Crippen LogP contribution in [-0.4, -0.2) is 72.1 Å². The molecular formula is C17H23N7O6S2. The smallest absolute Gasteiger partial charge is 0.242 e.